The molecule has 8 aromatic carbocycles. The van der Waals surface area contributed by atoms with E-state index in [1.54, 1.807) is 0 Å². The van der Waals surface area contributed by atoms with Gasteiger partial charge in [-0.25, -0.2) is 0 Å². The molecular weight excluding hydrogens is 617 g/mol. The summed E-state index contributed by atoms with van der Waals surface area (Å²) in [7, 11) is 0. The van der Waals surface area contributed by atoms with Crippen molar-refractivity contribution in [3.05, 3.63) is 216 Å². The predicted octanol–water partition coefficient (Wildman–Crippen LogP) is 12.2. The molecular formula is C49H32N2. The van der Waals surface area contributed by atoms with Crippen molar-refractivity contribution in [2.75, 3.05) is 0 Å². The van der Waals surface area contributed by atoms with Crippen molar-refractivity contribution in [1.82, 2.24) is 9.13 Å². The Hall–Kier alpha value is -6.64. The van der Waals surface area contributed by atoms with Crippen molar-refractivity contribution in [2.24, 2.45) is 0 Å². The number of hydrogen-bond acceptors (Lipinski definition) is 0. The summed E-state index contributed by atoms with van der Waals surface area (Å²) in [5.41, 5.74) is 14.4. The Kier molecular flexibility index (Phi) is 5.91. The van der Waals surface area contributed by atoms with Gasteiger partial charge >= 0.3 is 0 Å². The first kappa shape index (κ1) is 28.2. The average Bonchev–Trinajstić information content (AvgIpc) is 3.82. The third kappa shape index (κ3) is 3.82. The quantitative estimate of drug-likeness (QED) is 0.180. The highest BCUT2D eigenvalue weighted by Crippen LogP contribution is 2.56. The Labute approximate surface area is 296 Å². The molecule has 0 fully saturated rings. The van der Waals surface area contributed by atoms with E-state index in [1.165, 1.54) is 77.0 Å². The zero-order valence-corrected chi connectivity index (χ0v) is 27.9. The summed E-state index contributed by atoms with van der Waals surface area (Å²) in [6, 6.07) is 71.6. The van der Waals surface area contributed by atoms with Crippen molar-refractivity contribution in [1.29, 1.82) is 0 Å². The molecule has 0 radical (unpaired) electrons. The summed E-state index contributed by atoms with van der Waals surface area (Å²) in [4.78, 5) is 0. The van der Waals surface area contributed by atoms with Gasteiger partial charge in [-0.3, -0.25) is 0 Å². The van der Waals surface area contributed by atoms with Gasteiger partial charge < -0.3 is 9.13 Å². The minimum absolute atomic E-state index is 0.461. The fraction of sp³-hybridized carbons (Fsp3) is 0.0204. The first-order valence-electron chi connectivity index (χ1n) is 17.7. The first-order valence-corrected chi connectivity index (χ1v) is 17.7. The Morgan fingerprint density at radius 1 is 0.294 bits per heavy atom. The van der Waals surface area contributed by atoms with E-state index >= 15 is 0 Å². The van der Waals surface area contributed by atoms with Crippen LogP contribution in [0.2, 0.25) is 0 Å². The van der Waals surface area contributed by atoms with E-state index in [0.29, 0.717) is 0 Å². The Morgan fingerprint density at radius 2 is 0.725 bits per heavy atom. The summed E-state index contributed by atoms with van der Waals surface area (Å²) in [6.07, 6.45) is 0. The van der Waals surface area contributed by atoms with Gasteiger partial charge in [-0.1, -0.05) is 152 Å². The van der Waals surface area contributed by atoms with Gasteiger partial charge in [0.2, 0.25) is 0 Å². The van der Waals surface area contributed by atoms with Crippen LogP contribution >= 0.6 is 0 Å². The summed E-state index contributed by atoms with van der Waals surface area (Å²) < 4.78 is 4.90. The molecule has 0 spiro atoms. The second kappa shape index (κ2) is 10.7. The lowest BCUT2D eigenvalue weighted by atomic mass is 9.67. The van der Waals surface area contributed by atoms with E-state index in [4.69, 9.17) is 0 Å². The van der Waals surface area contributed by atoms with E-state index in [9.17, 15) is 0 Å². The zero-order chi connectivity index (χ0) is 33.5. The molecule has 2 heteroatoms. The topological polar surface area (TPSA) is 9.86 Å². The van der Waals surface area contributed by atoms with Gasteiger partial charge in [0.25, 0.3) is 0 Å². The first-order chi connectivity index (χ1) is 25.3. The molecule has 11 rings (SSSR count). The van der Waals surface area contributed by atoms with Crippen molar-refractivity contribution < 1.29 is 0 Å². The smallest absolute Gasteiger partial charge is 0.0714 e. The molecule has 0 saturated carbocycles. The van der Waals surface area contributed by atoms with Crippen LogP contribution in [-0.2, 0) is 5.41 Å². The second-order valence-corrected chi connectivity index (χ2v) is 13.7. The molecule has 1 aliphatic carbocycles. The SMILES string of the molecule is c1ccc(C2(c3ccccc3)c3ccccc3-c3ccc(-n4c5ccccc5c5ccc(-n6c7ccccc7c7ccccc76)cc54)cc32)cc1. The van der Waals surface area contributed by atoms with E-state index in [-0.39, 0.29) is 0 Å². The van der Waals surface area contributed by atoms with Gasteiger partial charge in [-0.2, -0.15) is 0 Å². The Bertz CT molecular complexity index is 2870. The number of rotatable bonds is 4. The van der Waals surface area contributed by atoms with E-state index in [2.05, 4.69) is 203 Å². The lowest BCUT2D eigenvalue weighted by Crippen LogP contribution is -2.28. The van der Waals surface area contributed by atoms with E-state index < -0.39 is 5.41 Å². The molecule has 10 aromatic rings. The number of nitrogens with zero attached hydrogens (tertiary/aromatic N) is 2. The lowest BCUT2D eigenvalue weighted by molar-refractivity contribution is 0.767. The Balaban J connectivity index is 1.22. The van der Waals surface area contributed by atoms with Gasteiger partial charge in [0.15, 0.2) is 0 Å². The van der Waals surface area contributed by atoms with Crippen LogP contribution in [0.15, 0.2) is 194 Å². The maximum absolute atomic E-state index is 2.48. The fourth-order valence-electron chi connectivity index (χ4n) is 9.15. The largest absolute Gasteiger partial charge is 0.309 e. The number of hydrogen-bond donors (Lipinski definition) is 0. The van der Waals surface area contributed by atoms with Gasteiger partial charge in [0.1, 0.15) is 0 Å². The molecule has 2 aromatic heterocycles. The maximum atomic E-state index is 2.48. The van der Waals surface area contributed by atoms with Crippen LogP contribution in [0.5, 0.6) is 0 Å². The third-order valence-corrected chi connectivity index (χ3v) is 11.2. The summed E-state index contributed by atoms with van der Waals surface area (Å²) in [5.74, 6) is 0. The van der Waals surface area contributed by atoms with Crippen LogP contribution < -0.4 is 0 Å². The lowest BCUT2D eigenvalue weighted by Gasteiger charge is -2.34. The van der Waals surface area contributed by atoms with Crippen LogP contribution in [0.4, 0.5) is 0 Å². The van der Waals surface area contributed by atoms with Crippen LogP contribution in [0.25, 0.3) is 66.1 Å². The highest BCUT2D eigenvalue weighted by Gasteiger charge is 2.46. The van der Waals surface area contributed by atoms with E-state index in [1.807, 2.05) is 0 Å². The standard InChI is InChI=1S/C49H32N2/c1-3-15-33(16-4-1)49(34-17-5-2-6-18-34)43-23-11-7-19-37(43)38-29-27-35(31-44(38)49)51-47-26-14-10-22-41(47)42-30-28-36(32-48(42)51)50-45-24-12-8-20-39(45)40-21-9-13-25-46(40)50/h1-32H. The highest BCUT2D eigenvalue weighted by atomic mass is 15.0. The third-order valence-electron chi connectivity index (χ3n) is 11.2. The number of para-hydroxylation sites is 3. The van der Waals surface area contributed by atoms with Crippen molar-refractivity contribution in [3.63, 3.8) is 0 Å². The fourth-order valence-corrected chi connectivity index (χ4v) is 9.15. The molecule has 0 bridgehead atoms. The number of aromatic nitrogens is 2. The van der Waals surface area contributed by atoms with Gasteiger partial charge in [0.05, 0.1) is 27.5 Å². The highest BCUT2D eigenvalue weighted by molar-refractivity contribution is 6.12. The molecule has 2 heterocycles. The minimum Gasteiger partial charge on any atom is -0.309 e. The van der Waals surface area contributed by atoms with Crippen molar-refractivity contribution >= 4 is 43.6 Å². The molecule has 238 valence electrons. The molecule has 1 aliphatic rings. The van der Waals surface area contributed by atoms with Crippen LogP contribution in [0.1, 0.15) is 22.3 Å². The summed E-state index contributed by atoms with van der Waals surface area (Å²) in [5, 5.41) is 5.04. The summed E-state index contributed by atoms with van der Waals surface area (Å²) in [6.45, 7) is 0. The van der Waals surface area contributed by atoms with Gasteiger partial charge in [-0.15, -0.1) is 0 Å². The monoisotopic (exact) mass is 648 g/mol. The van der Waals surface area contributed by atoms with Crippen LogP contribution in [-0.4, -0.2) is 9.13 Å². The minimum atomic E-state index is -0.461. The predicted molar refractivity (Wildman–Crippen MR) is 212 cm³/mol. The van der Waals surface area contributed by atoms with Crippen molar-refractivity contribution in [3.8, 4) is 22.5 Å². The Morgan fingerprint density at radius 3 is 1.33 bits per heavy atom. The average molecular weight is 649 g/mol. The second-order valence-electron chi connectivity index (χ2n) is 13.7. The molecule has 0 N–H and O–H groups in total. The molecule has 0 saturated heterocycles. The van der Waals surface area contributed by atoms with E-state index in [0.717, 1.165) is 11.4 Å². The molecule has 0 amide bonds. The molecule has 0 aliphatic heterocycles. The maximum Gasteiger partial charge on any atom is 0.0714 e. The molecule has 0 atom stereocenters. The molecule has 2 nitrogen and oxygen atoms in total. The normalized spacial score (nSPS) is 13.3. The number of fused-ring (bicyclic) bond motifs is 9. The number of benzene rings is 8. The van der Waals surface area contributed by atoms with Crippen LogP contribution in [0, 0.1) is 0 Å². The summed E-state index contributed by atoms with van der Waals surface area (Å²) >= 11 is 0. The molecule has 51 heavy (non-hydrogen) atoms. The van der Waals surface area contributed by atoms with Crippen LogP contribution in [0.3, 0.4) is 0 Å². The zero-order valence-electron chi connectivity index (χ0n) is 27.9. The van der Waals surface area contributed by atoms with Crippen molar-refractivity contribution in [2.45, 2.75) is 5.41 Å². The van der Waals surface area contributed by atoms with Gasteiger partial charge in [-0.05, 0) is 75.8 Å². The molecule has 0 unspecified atom stereocenters. The van der Waals surface area contributed by atoms with Gasteiger partial charge in [0, 0.05) is 32.9 Å².